The SMILES string of the molecule is CC(C)c1c(O)c(N)cc2c1OCO2. The normalized spacial score (nSPS) is 13.6. The average molecular weight is 195 g/mol. The lowest BCUT2D eigenvalue weighted by atomic mass is 9.99. The molecule has 0 saturated heterocycles. The van der Waals surface area contributed by atoms with Crippen LogP contribution in [0.15, 0.2) is 6.07 Å². The van der Waals surface area contributed by atoms with E-state index in [0.29, 0.717) is 17.2 Å². The molecule has 1 aromatic carbocycles. The molecule has 0 saturated carbocycles. The smallest absolute Gasteiger partial charge is 0.231 e. The van der Waals surface area contributed by atoms with Gasteiger partial charge in [0.2, 0.25) is 6.79 Å². The molecule has 0 aromatic heterocycles. The third-order valence-electron chi connectivity index (χ3n) is 2.28. The van der Waals surface area contributed by atoms with Gasteiger partial charge in [-0.15, -0.1) is 0 Å². The molecular weight excluding hydrogens is 182 g/mol. The van der Waals surface area contributed by atoms with Crippen LogP contribution < -0.4 is 15.2 Å². The molecule has 4 nitrogen and oxygen atoms in total. The Morgan fingerprint density at radius 1 is 1.43 bits per heavy atom. The highest BCUT2D eigenvalue weighted by Gasteiger charge is 2.24. The van der Waals surface area contributed by atoms with Gasteiger partial charge in [-0.05, 0) is 5.92 Å². The Kier molecular flexibility index (Phi) is 1.91. The predicted molar refractivity (Wildman–Crippen MR) is 52.7 cm³/mol. The van der Waals surface area contributed by atoms with Crippen LogP contribution in [0.4, 0.5) is 5.69 Å². The zero-order valence-electron chi connectivity index (χ0n) is 8.20. The van der Waals surface area contributed by atoms with E-state index in [-0.39, 0.29) is 18.5 Å². The summed E-state index contributed by atoms with van der Waals surface area (Å²) in [5, 5.41) is 9.77. The number of nitrogen functional groups attached to an aromatic ring is 1. The molecule has 0 radical (unpaired) electrons. The van der Waals surface area contributed by atoms with Crippen LogP contribution in [0.3, 0.4) is 0 Å². The summed E-state index contributed by atoms with van der Waals surface area (Å²) >= 11 is 0. The number of benzene rings is 1. The molecule has 4 heteroatoms. The standard InChI is InChI=1S/C10H13NO3/c1-5(2)8-9(12)6(11)3-7-10(8)14-4-13-7/h3,5,12H,4,11H2,1-2H3. The molecule has 0 bridgehead atoms. The monoisotopic (exact) mass is 195 g/mol. The van der Waals surface area contributed by atoms with E-state index in [4.69, 9.17) is 15.2 Å². The summed E-state index contributed by atoms with van der Waals surface area (Å²) in [6.45, 7) is 4.13. The molecule has 3 N–H and O–H groups in total. The van der Waals surface area contributed by atoms with Crippen LogP contribution in [0, 0.1) is 0 Å². The minimum Gasteiger partial charge on any atom is -0.505 e. The molecule has 0 unspecified atom stereocenters. The number of anilines is 1. The van der Waals surface area contributed by atoms with Crippen molar-refractivity contribution < 1.29 is 14.6 Å². The van der Waals surface area contributed by atoms with E-state index in [0.717, 1.165) is 5.56 Å². The molecule has 2 rings (SSSR count). The van der Waals surface area contributed by atoms with Crippen molar-refractivity contribution in [2.45, 2.75) is 19.8 Å². The fourth-order valence-electron chi connectivity index (χ4n) is 1.61. The summed E-state index contributed by atoms with van der Waals surface area (Å²) in [6, 6.07) is 1.59. The lowest BCUT2D eigenvalue weighted by Gasteiger charge is -2.13. The first-order chi connectivity index (χ1) is 6.61. The van der Waals surface area contributed by atoms with Crippen molar-refractivity contribution in [3.05, 3.63) is 11.6 Å². The average Bonchev–Trinajstić information content (AvgIpc) is 2.52. The van der Waals surface area contributed by atoms with Gasteiger partial charge in [0.05, 0.1) is 5.69 Å². The van der Waals surface area contributed by atoms with Gasteiger partial charge in [0.25, 0.3) is 0 Å². The van der Waals surface area contributed by atoms with Gasteiger partial charge in [-0.2, -0.15) is 0 Å². The summed E-state index contributed by atoms with van der Waals surface area (Å²) in [5.41, 5.74) is 6.70. The van der Waals surface area contributed by atoms with Gasteiger partial charge in [-0.3, -0.25) is 0 Å². The lowest BCUT2D eigenvalue weighted by molar-refractivity contribution is 0.173. The van der Waals surface area contributed by atoms with Gasteiger partial charge in [-0.25, -0.2) is 0 Å². The number of hydrogen-bond donors (Lipinski definition) is 2. The number of hydrogen-bond acceptors (Lipinski definition) is 4. The molecule has 0 atom stereocenters. The van der Waals surface area contributed by atoms with Crippen molar-refractivity contribution in [1.82, 2.24) is 0 Å². The van der Waals surface area contributed by atoms with Crippen LogP contribution in [0.25, 0.3) is 0 Å². The summed E-state index contributed by atoms with van der Waals surface area (Å²) in [6.07, 6.45) is 0. The fraction of sp³-hybridized carbons (Fsp3) is 0.400. The van der Waals surface area contributed by atoms with E-state index < -0.39 is 0 Å². The van der Waals surface area contributed by atoms with Crippen LogP contribution >= 0.6 is 0 Å². The van der Waals surface area contributed by atoms with E-state index in [2.05, 4.69) is 0 Å². The van der Waals surface area contributed by atoms with Crippen LogP contribution in [0.2, 0.25) is 0 Å². The number of phenolic OH excluding ortho intramolecular Hbond substituents is 1. The van der Waals surface area contributed by atoms with Crippen molar-refractivity contribution in [3.63, 3.8) is 0 Å². The van der Waals surface area contributed by atoms with Crippen molar-refractivity contribution >= 4 is 5.69 Å². The van der Waals surface area contributed by atoms with E-state index in [1.54, 1.807) is 6.07 Å². The second-order valence-corrected chi connectivity index (χ2v) is 3.62. The van der Waals surface area contributed by atoms with E-state index in [1.807, 2.05) is 13.8 Å². The molecule has 76 valence electrons. The van der Waals surface area contributed by atoms with Gasteiger partial charge >= 0.3 is 0 Å². The highest BCUT2D eigenvalue weighted by Crippen LogP contribution is 2.47. The second-order valence-electron chi connectivity index (χ2n) is 3.62. The highest BCUT2D eigenvalue weighted by molar-refractivity contribution is 5.68. The molecule has 1 aliphatic heterocycles. The Labute approximate surface area is 82.2 Å². The maximum absolute atomic E-state index is 9.77. The summed E-state index contributed by atoms with van der Waals surface area (Å²) < 4.78 is 10.5. The first-order valence-electron chi connectivity index (χ1n) is 4.52. The Hall–Kier alpha value is -1.58. The quantitative estimate of drug-likeness (QED) is 0.530. The van der Waals surface area contributed by atoms with Gasteiger partial charge < -0.3 is 20.3 Å². The number of aromatic hydroxyl groups is 1. The third-order valence-corrected chi connectivity index (χ3v) is 2.28. The Morgan fingerprint density at radius 3 is 2.79 bits per heavy atom. The first kappa shape index (κ1) is 8.99. The predicted octanol–water partition coefficient (Wildman–Crippen LogP) is 1.83. The number of phenols is 1. The largest absolute Gasteiger partial charge is 0.505 e. The summed E-state index contributed by atoms with van der Waals surface area (Å²) in [7, 11) is 0. The number of fused-ring (bicyclic) bond motifs is 1. The fourth-order valence-corrected chi connectivity index (χ4v) is 1.61. The van der Waals surface area contributed by atoms with E-state index in [1.165, 1.54) is 0 Å². The van der Waals surface area contributed by atoms with Gasteiger partial charge in [0.15, 0.2) is 11.5 Å². The Bertz CT molecular complexity index is 374. The molecule has 0 aliphatic carbocycles. The molecule has 0 spiro atoms. The van der Waals surface area contributed by atoms with Crippen LogP contribution in [0.5, 0.6) is 17.2 Å². The number of nitrogens with two attached hydrogens (primary N) is 1. The summed E-state index contributed by atoms with van der Waals surface area (Å²) in [4.78, 5) is 0. The van der Waals surface area contributed by atoms with Gasteiger partial charge in [-0.1, -0.05) is 13.8 Å². The molecular formula is C10H13NO3. The zero-order valence-corrected chi connectivity index (χ0v) is 8.20. The topological polar surface area (TPSA) is 64.7 Å². The Balaban J connectivity index is 2.66. The van der Waals surface area contributed by atoms with Crippen molar-refractivity contribution in [2.24, 2.45) is 0 Å². The Morgan fingerprint density at radius 2 is 2.14 bits per heavy atom. The highest BCUT2D eigenvalue weighted by atomic mass is 16.7. The first-order valence-corrected chi connectivity index (χ1v) is 4.52. The molecule has 1 aliphatic rings. The molecule has 0 amide bonds. The van der Waals surface area contributed by atoms with Crippen LogP contribution in [-0.4, -0.2) is 11.9 Å². The third kappa shape index (κ3) is 1.14. The minimum absolute atomic E-state index is 0.101. The second kappa shape index (κ2) is 2.97. The maximum Gasteiger partial charge on any atom is 0.231 e. The van der Waals surface area contributed by atoms with Crippen LogP contribution in [0.1, 0.15) is 25.3 Å². The molecule has 1 heterocycles. The van der Waals surface area contributed by atoms with Crippen molar-refractivity contribution in [2.75, 3.05) is 12.5 Å². The van der Waals surface area contributed by atoms with Crippen molar-refractivity contribution in [1.29, 1.82) is 0 Å². The van der Waals surface area contributed by atoms with E-state index in [9.17, 15) is 5.11 Å². The zero-order chi connectivity index (χ0) is 10.3. The van der Waals surface area contributed by atoms with Gasteiger partial charge in [0.1, 0.15) is 5.75 Å². The van der Waals surface area contributed by atoms with Gasteiger partial charge in [0, 0.05) is 11.6 Å². The van der Waals surface area contributed by atoms with Crippen molar-refractivity contribution in [3.8, 4) is 17.2 Å². The minimum atomic E-state index is 0.101. The molecule has 1 aromatic rings. The van der Waals surface area contributed by atoms with Crippen LogP contribution in [-0.2, 0) is 0 Å². The van der Waals surface area contributed by atoms with E-state index >= 15 is 0 Å². The number of rotatable bonds is 1. The molecule has 0 fully saturated rings. The molecule has 14 heavy (non-hydrogen) atoms. The number of ether oxygens (including phenoxy) is 2. The lowest BCUT2D eigenvalue weighted by Crippen LogP contribution is -1.97. The maximum atomic E-state index is 9.77. The summed E-state index contributed by atoms with van der Waals surface area (Å²) in [5.74, 6) is 1.48.